The summed E-state index contributed by atoms with van der Waals surface area (Å²) in [6.07, 6.45) is 5.75. The lowest BCUT2D eigenvalue weighted by atomic mass is 9.73. The highest BCUT2D eigenvalue weighted by Crippen LogP contribution is 2.54. The molecule has 0 bridgehead atoms. The molecule has 0 saturated carbocycles. The molecule has 1 aromatic carbocycles. The summed E-state index contributed by atoms with van der Waals surface area (Å²) in [5.74, 6) is -0.165. The van der Waals surface area contributed by atoms with Gasteiger partial charge in [-0.1, -0.05) is 24.3 Å². The standard InChI is InChI=1S/C21H18N4O2/c26-19(17-8-4-11-23-17)25-12-9-21(18(25)14-5-3-10-22-13-14)15-6-1-2-7-16(15)24-20(21)27/h1-8,10-11,13,18,23H,9,12H2,(H,24,27). The fourth-order valence-electron chi connectivity index (χ4n) is 4.52. The summed E-state index contributed by atoms with van der Waals surface area (Å²) >= 11 is 0. The molecule has 0 aliphatic carbocycles. The molecule has 5 rings (SSSR count). The van der Waals surface area contributed by atoms with Crippen molar-refractivity contribution in [3.8, 4) is 0 Å². The average Bonchev–Trinajstić information content (AvgIpc) is 3.42. The lowest BCUT2D eigenvalue weighted by Gasteiger charge is -2.34. The van der Waals surface area contributed by atoms with Crippen LogP contribution in [0.1, 0.15) is 34.1 Å². The summed E-state index contributed by atoms with van der Waals surface area (Å²) in [6, 6.07) is 14.7. The topological polar surface area (TPSA) is 78.1 Å². The lowest BCUT2D eigenvalue weighted by Crippen LogP contribution is -2.42. The van der Waals surface area contributed by atoms with Gasteiger partial charge in [-0.3, -0.25) is 14.6 Å². The van der Waals surface area contributed by atoms with Gasteiger partial charge in [-0.05, 0) is 41.8 Å². The number of carbonyl (C=O) groups is 2. The predicted octanol–water partition coefficient (Wildman–Crippen LogP) is 2.89. The summed E-state index contributed by atoms with van der Waals surface area (Å²) in [4.78, 5) is 35.4. The van der Waals surface area contributed by atoms with Gasteiger partial charge in [-0.15, -0.1) is 0 Å². The Morgan fingerprint density at radius 1 is 1.15 bits per heavy atom. The van der Waals surface area contributed by atoms with Gasteiger partial charge in [0.2, 0.25) is 5.91 Å². The fourth-order valence-corrected chi connectivity index (χ4v) is 4.52. The van der Waals surface area contributed by atoms with Gasteiger partial charge in [0.15, 0.2) is 0 Å². The van der Waals surface area contributed by atoms with Gasteiger partial charge in [-0.25, -0.2) is 0 Å². The average molecular weight is 358 g/mol. The van der Waals surface area contributed by atoms with Crippen molar-refractivity contribution in [1.29, 1.82) is 0 Å². The maximum Gasteiger partial charge on any atom is 0.270 e. The zero-order valence-corrected chi connectivity index (χ0v) is 14.6. The Hall–Kier alpha value is -3.41. The molecule has 2 aliphatic rings. The number of aromatic amines is 1. The van der Waals surface area contributed by atoms with Gasteiger partial charge in [0.25, 0.3) is 5.91 Å². The van der Waals surface area contributed by atoms with Crippen LogP contribution in [0, 0.1) is 0 Å². The molecule has 2 aliphatic heterocycles. The van der Waals surface area contributed by atoms with Gasteiger partial charge in [-0.2, -0.15) is 0 Å². The second kappa shape index (κ2) is 5.81. The minimum Gasteiger partial charge on any atom is -0.357 e. The predicted molar refractivity (Wildman–Crippen MR) is 100 cm³/mol. The molecule has 1 fully saturated rings. The number of carbonyl (C=O) groups excluding carboxylic acids is 2. The first kappa shape index (κ1) is 15.8. The summed E-state index contributed by atoms with van der Waals surface area (Å²) in [5.41, 5.74) is 2.35. The molecule has 6 nitrogen and oxygen atoms in total. The first-order valence-electron chi connectivity index (χ1n) is 8.97. The summed E-state index contributed by atoms with van der Waals surface area (Å²) in [6.45, 7) is 0.499. The van der Waals surface area contributed by atoms with Crippen molar-refractivity contribution in [3.63, 3.8) is 0 Å². The summed E-state index contributed by atoms with van der Waals surface area (Å²) in [5, 5.41) is 3.02. The number of anilines is 1. The Labute approximate surface area is 156 Å². The van der Waals surface area contributed by atoms with E-state index in [2.05, 4.69) is 15.3 Å². The molecule has 1 saturated heterocycles. The molecule has 2 atom stereocenters. The maximum atomic E-state index is 13.2. The van der Waals surface area contributed by atoms with Crippen LogP contribution < -0.4 is 5.32 Å². The van der Waals surface area contributed by atoms with Crippen molar-refractivity contribution in [2.45, 2.75) is 17.9 Å². The van der Waals surface area contributed by atoms with E-state index in [0.29, 0.717) is 18.7 Å². The van der Waals surface area contributed by atoms with E-state index in [9.17, 15) is 9.59 Å². The van der Waals surface area contributed by atoms with Crippen molar-refractivity contribution in [2.75, 3.05) is 11.9 Å². The third kappa shape index (κ3) is 2.16. The minimum atomic E-state index is -0.804. The van der Waals surface area contributed by atoms with Crippen LogP contribution in [-0.2, 0) is 10.2 Å². The lowest BCUT2D eigenvalue weighted by molar-refractivity contribution is -0.121. The van der Waals surface area contributed by atoms with E-state index in [1.165, 1.54) is 0 Å². The van der Waals surface area contributed by atoms with Gasteiger partial charge < -0.3 is 15.2 Å². The number of hydrogen-bond acceptors (Lipinski definition) is 3. The Balaban J connectivity index is 1.69. The van der Waals surface area contributed by atoms with Gasteiger partial charge >= 0.3 is 0 Å². The molecular weight excluding hydrogens is 340 g/mol. The molecular formula is C21H18N4O2. The largest absolute Gasteiger partial charge is 0.357 e. The number of pyridine rings is 1. The first-order valence-corrected chi connectivity index (χ1v) is 8.97. The second-order valence-electron chi connectivity index (χ2n) is 6.99. The number of amides is 2. The van der Waals surface area contributed by atoms with Crippen LogP contribution in [0.5, 0.6) is 0 Å². The van der Waals surface area contributed by atoms with Crippen molar-refractivity contribution in [1.82, 2.24) is 14.9 Å². The number of nitrogens with zero attached hydrogens (tertiary/aromatic N) is 2. The highest BCUT2D eigenvalue weighted by molar-refractivity contribution is 6.08. The molecule has 1 spiro atoms. The number of hydrogen-bond donors (Lipinski definition) is 2. The Kier molecular flexibility index (Phi) is 3.40. The molecule has 134 valence electrons. The Morgan fingerprint density at radius 3 is 2.81 bits per heavy atom. The molecule has 2 unspecified atom stereocenters. The van der Waals surface area contributed by atoms with Crippen molar-refractivity contribution in [2.24, 2.45) is 0 Å². The molecule has 27 heavy (non-hydrogen) atoms. The van der Waals surface area contributed by atoms with Crippen LogP contribution in [0.4, 0.5) is 5.69 Å². The molecule has 4 heterocycles. The van der Waals surface area contributed by atoms with Gasteiger partial charge in [0.1, 0.15) is 11.1 Å². The summed E-state index contributed by atoms with van der Waals surface area (Å²) in [7, 11) is 0. The number of rotatable bonds is 2. The number of fused-ring (bicyclic) bond motifs is 2. The zero-order chi connectivity index (χ0) is 18.4. The van der Waals surface area contributed by atoms with Crippen LogP contribution >= 0.6 is 0 Å². The van der Waals surface area contributed by atoms with Gasteiger partial charge in [0.05, 0.1) is 6.04 Å². The van der Waals surface area contributed by atoms with Crippen LogP contribution in [-0.4, -0.2) is 33.2 Å². The van der Waals surface area contributed by atoms with Crippen LogP contribution in [0.3, 0.4) is 0 Å². The van der Waals surface area contributed by atoms with E-state index in [-0.39, 0.29) is 11.8 Å². The number of benzene rings is 1. The number of aromatic nitrogens is 2. The third-order valence-electron chi connectivity index (χ3n) is 5.68. The SMILES string of the molecule is O=C(c1ccc[nH]1)N1CCC2(C(=O)Nc3ccccc32)C1c1cccnc1. The van der Waals surface area contributed by atoms with Crippen molar-refractivity contribution in [3.05, 3.63) is 83.9 Å². The molecule has 3 aromatic rings. The summed E-state index contributed by atoms with van der Waals surface area (Å²) < 4.78 is 0. The Morgan fingerprint density at radius 2 is 2.04 bits per heavy atom. The zero-order valence-electron chi connectivity index (χ0n) is 14.6. The van der Waals surface area contributed by atoms with E-state index in [0.717, 1.165) is 16.8 Å². The second-order valence-corrected chi connectivity index (χ2v) is 6.99. The van der Waals surface area contributed by atoms with Gasteiger partial charge in [0, 0.05) is 30.8 Å². The normalized spacial score (nSPS) is 23.5. The van der Waals surface area contributed by atoms with E-state index in [1.807, 2.05) is 36.4 Å². The molecule has 2 aromatic heterocycles. The van der Waals surface area contributed by atoms with Crippen molar-refractivity contribution >= 4 is 17.5 Å². The van der Waals surface area contributed by atoms with E-state index >= 15 is 0 Å². The van der Waals surface area contributed by atoms with E-state index in [4.69, 9.17) is 0 Å². The smallest absolute Gasteiger partial charge is 0.270 e. The minimum absolute atomic E-state index is 0.0562. The third-order valence-corrected chi connectivity index (χ3v) is 5.68. The highest BCUT2D eigenvalue weighted by atomic mass is 16.2. The number of para-hydroxylation sites is 1. The fraction of sp³-hybridized carbons (Fsp3) is 0.190. The molecule has 0 radical (unpaired) electrons. The van der Waals surface area contributed by atoms with Crippen LogP contribution in [0.2, 0.25) is 0 Å². The van der Waals surface area contributed by atoms with E-state index < -0.39 is 11.5 Å². The number of H-pyrrole nitrogens is 1. The number of nitrogens with one attached hydrogen (secondary N) is 2. The van der Waals surface area contributed by atoms with Crippen LogP contribution in [0.15, 0.2) is 67.1 Å². The molecule has 2 amide bonds. The highest BCUT2D eigenvalue weighted by Gasteiger charge is 2.59. The number of likely N-dealkylation sites (tertiary alicyclic amines) is 1. The molecule has 2 N–H and O–H groups in total. The first-order chi connectivity index (χ1) is 13.2. The van der Waals surface area contributed by atoms with Crippen LogP contribution in [0.25, 0.3) is 0 Å². The maximum absolute atomic E-state index is 13.2. The van der Waals surface area contributed by atoms with Crippen molar-refractivity contribution < 1.29 is 9.59 Å². The quantitative estimate of drug-likeness (QED) is 0.739. The Bertz CT molecular complexity index is 1020. The molecule has 6 heteroatoms. The monoisotopic (exact) mass is 358 g/mol. The van der Waals surface area contributed by atoms with E-state index in [1.54, 1.807) is 35.6 Å².